The van der Waals surface area contributed by atoms with Crippen LogP contribution >= 0.6 is 0 Å². The van der Waals surface area contributed by atoms with Crippen LogP contribution in [-0.2, 0) is 22.4 Å². The molecule has 2 aromatic rings. The molecule has 1 aromatic carbocycles. The molecule has 1 aliphatic rings. The van der Waals surface area contributed by atoms with E-state index in [1.807, 2.05) is 18.2 Å². The number of aromatic nitrogens is 2. The Morgan fingerprint density at radius 2 is 2.12 bits per heavy atom. The number of carbonyl (C=O) groups excluding carboxylic acids is 1. The molecular weight excluding hydrogens is 306 g/mol. The van der Waals surface area contributed by atoms with Crippen LogP contribution in [0.1, 0.15) is 49.1 Å². The number of nitrogens with one attached hydrogen (secondary N) is 1. The van der Waals surface area contributed by atoms with Crippen molar-refractivity contribution >= 4 is 5.91 Å². The average Bonchev–Trinajstić information content (AvgIpc) is 3.27. The number of nitrogens with zero attached hydrogens (tertiary/aromatic N) is 2. The molecule has 0 spiro atoms. The Kier molecular flexibility index (Phi) is 5.96. The zero-order chi connectivity index (χ0) is 16.6. The van der Waals surface area contributed by atoms with Gasteiger partial charge in [0.25, 0.3) is 5.89 Å². The van der Waals surface area contributed by atoms with Crippen molar-refractivity contribution in [3.05, 3.63) is 47.6 Å². The largest absolute Gasteiger partial charge is 0.368 e. The van der Waals surface area contributed by atoms with Gasteiger partial charge in [-0.05, 0) is 31.2 Å². The third kappa shape index (κ3) is 4.89. The first kappa shape index (κ1) is 16.6. The molecule has 1 saturated heterocycles. The van der Waals surface area contributed by atoms with Crippen molar-refractivity contribution in [1.29, 1.82) is 0 Å². The van der Waals surface area contributed by atoms with Crippen molar-refractivity contribution in [1.82, 2.24) is 15.5 Å². The Bertz CT molecular complexity index is 636. The van der Waals surface area contributed by atoms with Gasteiger partial charge in [0.2, 0.25) is 5.91 Å². The predicted molar refractivity (Wildman–Crippen MR) is 88.3 cm³/mol. The molecule has 6 heteroatoms. The summed E-state index contributed by atoms with van der Waals surface area (Å²) in [6, 6.07) is 10.2. The van der Waals surface area contributed by atoms with Crippen LogP contribution in [0.4, 0.5) is 0 Å². The highest BCUT2D eigenvalue weighted by Gasteiger charge is 2.23. The molecule has 0 saturated carbocycles. The number of rotatable bonds is 8. The van der Waals surface area contributed by atoms with Crippen molar-refractivity contribution in [2.45, 2.75) is 44.6 Å². The van der Waals surface area contributed by atoms with Gasteiger partial charge >= 0.3 is 0 Å². The summed E-state index contributed by atoms with van der Waals surface area (Å²) < 4.78 is 10.7. The van der Waals surface area contributed by atoms with Crippen LogP contribution in [0.15, 0.2) is 34.9 Å². The molecule has 1 atom stereocenters. The average molecular weight is 329 g/mol. The molecule has 0 radical (unpaired) electrons. The SMILES string of the molecule is O=C(CCCc1ccccc1)NCCc1noc([C@H]2CCCO2)n1. The molecule has 1 aromatic heterocycles. The van der Waals surface area contributed by atoms with Gasteiger partial charge in [-0.2, -0.15) is 4.98 Å². The standard InChI is InChI=1S/C18H23N3O3/c22-17(10-4-8-14-6-2-1-3-7-14)19-12-11-16-20-18(24-21-16)15-9-5-13-23-15/h1-3,6-7,15H,4-5,8-13H2,(H,19,22)/t15-/m1/s1. The van der Waals surface area contributed by atoms with Crippen molar-refractivity contribution in [2.24, 2.45) is 0 Å². The Balaban J connectivity index is 1.32. The summed E-state index contributed by atoms with van der Waals surface area (Å²) in [7, 11) is 0. The van der Waals surface area contributed by atoms with Crippen LogP contribution in [0.3, 0.4) is 0 Å². The lowest BCUT2D eigenvalue weighted by molar-refractivity contribution is -0.121. The number of benzene rings is 1. The van der Waals surface area contributed by atoms with Crippen molar-refractivity contribution in [3.8, 4) is 0 Å². The van der Waals surface area contributed by atoms with Crippen LogP contribution in [0.5, 0.6) is 0 Å². The topological polar surface area (TPSA) is 77.2 Å². The Morgan fingerprint density at radius 1 is 1.25 bits per heavy atom. The maximum absolute atomic E-state index is 11.8. The van der Waals surface area contributed by atoms with E-state index in [1.165, 1.54) is 5.56 Å². The number of amides is 1. The third-order valence-electron chi connectivity index (χ3n) is 4.07. The summed E-state index contributed by atoms with van der Waals surface area (Å²) in [4.78, 5) is 16.2. The lowest BCUT2D eigenvalue weighted by Crippen LogP contribution is -2.25. The molecule has 0 unspecified atom stereocenters. The molecule has 6 nitrogen and oxygen atoms in total. The maximum atomic E-state index is 11.8. The minimum atomic E-state index is -0.0566. The van der Waals surface area contributed by atoms with E-state index in [1.54, 1.807) is 0 Å². The van der Waals surface area contributed by atoms with Crippen LogP contribution in [0.25, 0.3) is 0 Å². The van der Waals surface area contributed by atoms with Gasteiger partial charge in [-0.1, -0.05) is 35.5 Å². The lowest BCUT2D eigenvalue weighted by atomic mass is 10.1. The third-order valence-corrected chi connectivity index (χ3v) is 4.07. The van der Waals surface area contributed by atoms with E-state index in [0.717, 1.165) is 32.3 Å². The van der Waals surface area contributed by atoms with Gasteiger partial charge in [-0.15, -0.1) is 0 Å². The number of ether oxygens (including phenoxy) is 1. The highest BCUT2D eigenvalue weighted by atomic mass is 16.5. The zero-order valence-corrected chi connectivity index (χ0v) is 13.7. The van der Waals surface area contributed by atoms with Crippen molar-refractivity contribution < 1.29 is 14.1 Å². The van der Waals surface area contributed by atoms with Crippen LogP contribution in [0.2, 0.25) is 0 Å². The van der Waals surface area contributed by atoms with Gasteiger partial charge in [0, 0.05) is 26.0 Å². The fourth-order valence-corrected chi connectivity index (χ4v) is 2.77. The minimum Gasteiger partial charge on any atom is -0.368 e. The molecule has 24 heavy (non-hydrogen) atoms. The normalized spacial score (nSPS) is 17.1. The van der Waals surface area contributed by atoms with Gasteiger partial charge in [0.05, 0.1) is 0 Å². The van der Waals surface area contributed by atoms with Crippen molar-refractivity contribution in [3.63, 3.8) is 0 Å². The highest BCUT2D eigenvalue weighted by molar-refractivity contribution is 5.75. The molecule has 0 bridgehead atoms. The van der Waals surface area contributed by atoms with E-state index in [2.05, 4.69) is 27.6 Å². The highest BCUT2D eigenvalue weighted by Crippen LogP contribution is 2.26. The second kappa shape index (κ2) is 8.59. The number of aryl methyl sites for hydroxylation is 1. The van der Waals surface area contributed by atoms with Crippen LogP contribution in [0, 0.1) is 0 Å². The second-order valence-electron chi connectivity index (χ2n) is 5.99. The summed E-state index contributed by atoms with van der Waals surface area (Å²) in [6.45, 7) is 1.27. The van der Waals surface area contributed by atoms with Gasteiger partial charge in [-0.3, -0.25) is 4.79 Å². The summed E-state index contributed by atoms with van der Waals surface area (Å²) in [5.41, 5.74) is 1.26. The Morgan fingerprint density at radius 3 is 2.92 bits per heavy atom. The number of hydrogen-bond acceptors (Lipinski definition) is 5. The summed E-state index contributed by atoms with van der Waals surface area (Å²) in [6.07, 6.45) is 4.77. The molecule has 3 rings (SSSR count). The first-order valence-corrected chi connectivity index (χ1v) is 8.56. The molecule has 1 amide bonds. The Labute approximate surface area is 141 Å². The van der Waals surface area contributed by atoms with Gasteiger partial charge < -0.3 is 14.6 Å². The number of hydrogen-bond donors (Lipinski definition) is 1. The van der Waals surface area contributed by atoms with Gasteiger partial charge in [-0.25, -0.2) is 0 Å². The molecule has 1 fully saturated rings. The second-order valence-corrected chi connectivity index (χ2v) is 5.99. The quantitative estimate of drug-likeness (QED) is 0.805. The lowest BCUT2D eigenvalue weighted by Gasteiger charge is -2.04. The molecule has 2 heterocycles. The molecule has 1 N–H and O–H groups in total. The number of carbonyl (C=O) groups is 1. The smallest absolute Gasteiger partial charge is 0.255 e. The fourth-order valence-electron chi connectivity index (χ4n) is 2.77. The summed E-state index contributed by atoms with van der Waals surface area (Å²) >= 11 is 0. The van der Waals surface area contributed by atoms with Crippen LogP contribution < -0.4 is 5.32 Å². The molecule has 0 aliphatic carbocycles. The van der Waals surface area contributed by atoms with E-state index in [4.69, 9.17) is 9.26 Å². The van der Waals surface area contributed by atoms with Gasteiger partial charge in [0.15, 0.2) is 5.82 Å². The van der Waals surface area contributed by atoms with Crippen LogP contribution in [-0.4, -0.2) is 29.2 Å². The summed E-state index contributed by atoms with van der Waals surface area (Å²) in [5, 5.41) is 6.85. The van der Waals surface area contributed by atoms with E-state index in [0.29, 0.717) is 31.1 Å². The van der Waals surface area contributed by atoms with E-state index >= 15 is 0 Å². The van der Waals surface area contributed by atoms with E-state index in [-0.39, 0.29) is 12.0 Å². The first-order chi connectivity index (χ1) is 11.8. The van der Waals surface area contributed by atoms with Gasteiger partial charge in [0.1, 0.15) is 6.10 Å². The maximum Gasteiger partial charge on any atom is 0.255 e. The van der Waals surface area contributed by atoms with E-state index < -0.39 is 0 Å². The summed E-state index contributed by atoms with van der Waals surface area (Å²) in [5.74, 6) is 1.23. The van der Waals surface area contributed by atoms with Crippen molar-refractivity contribution in [2.75, 3.05) is 13.2 Å². The molecular formula is C18H23N3O3. The fraction of sp³-hybridized carbons (Fsp3) is 0.500. The van der Waals surface area contributed by atoms with E-state index in [9.17, 15) is 4.79 Å². The molecule has 1 aliphatic heterocycles. The molecule has 128 valence electrons. The minimum absolute atomic E-state index is 0.0566. The first-order valence-electron chi connectivity index (χ1n) is 8.56. The monoisotopic (exact) mass is 329 g/mol. The predicted octanol–water partition coefficient (Wildman–Crippen LogP) is 2.60. The Hall–Kier alpha value is -2.21. The zero-order valence-electron chi connectivity index (χ0n) is 13.7.